The Morgan fingerprint density at radius 1 is 1.25 bits per heavy atom. The molecular formula is C14H15ClN2O2S. The molecule has 0 bridgehead atoms. The second-order valence-electron chi connectivity index (χ2n) is 5.02. The van der Waals surface area contributed by atoms with Gasteiger partial charge in [0.2, 0.25) is 11.8 Å². The Labute approximate surface area is 127 Å². The molecule has 20 heavy (non-hydrogen) atoms. The number of hydrogen-bond donors (Lipinski definition) is 0. The summed E-state index contributed by atoms with van der Waals surface area (Å²) in [5, 5.41) is 0.705. The molecule has 0 N–H and O–H groups in total. The van der Waals surface area contributed by atoms with Crippen molar-refractivity contribution in [3.05, 3.63) is 34.9 Å². The fraction of sp³-hybridized carbons (Fsp3) is 0.429. The summed E-state index contributed by atoms with van der Waals surface area (Å²) in [4.78, 5) is 27.7. The zero-order chi connectivity index (χ0) is 14.1. The van der Waals surface area contributed by atoms with Crippen LogP contribution >= 0.6 is 23.4 Å². The van der Waals surface area contributed by atoms with Crippen molar-refractivity contribution in [3.8, 4) is 0 Å². The summed E-state index contributed by atoms with van der Waals surface area (Å²) in [6.07, 6.45) is 0.746. The molecule has 2 heterocycles. The van der Waals surface area contributed by atoms with E-state index in [9.17, 15) is 9.59 Å². The maximum absolute atomic E-state index is 12.3. The van der Waals surface area contributed by atoms with Crippen molar-refractivity contribution in [2.45, 2.75) is 12.5 Å². The summed E-state index contributed by atoms with van der Waals surface area (Å²) in [6, 6.07) is 7.35. The van der Waals surface area contributed by atoms with Gasteiger partial charge in [0, 0.05) is 17.3 Å². The molecule has 0 saturated carbocycles. The smallest absolute Gasteiger partial charge is 0.246 e. The minimum atomic E-state index is -0.244. The Morgan fingerprint density at radius 2 is 2.00 bits per heavy atom. The normalized spacial score (nSPS) is 22.4. The zero-order valence-corrected chi connectivity index (χ0v) is 12.5. The predicted octanol–water partition coefficient (Wildman–Crippen LogP) is 1.63. The number of thioether (sulfide) groups is 1. The molecule has 1 unspecified atom stereocenters. The third-order valence-electron chi connectivity index (χ3n) is 3.71. The number of benzene rings is 1. The Hall–Kier alpha value is -1.20. The van der Waals surface area contributed by atoms with Crippen LogP contribution in [-0.2, 0) is 16.0 Å². The second kappa shape index (κ2) is 5.66. The van der Waals surface area contributed by atoms with E-state index in [2.05, 4.69) is 0 Å². The van der Waals surface area contributed by atoms with Crippen molar-refractivity contribution in [1.29, 1.82) is 0 Å². The molecule has 2 fully saturated rings. The number of hydrogen-bond acceptors (Lipinski definition) is 3. The van der Waals surface area contributed by atoms with E-state index < -0.39 is 0 Å². The highest BCUT2D eigenvalue weighted by Crippen LogP contribution is 2.26. The lowest BCUT2D eigenvalue weighted by atomic mass is 10.1. The molecule has 6 heteroatoms. The van der Waals surface area contributed by atoms with Crippen molar-refractivity contribution >= 4 is 35.2 Å². The monoisotopic (exact) mass is 310 g/mol. The van der Waals surface area contributed by atoms with E-state index in [4.69, 9.17) is 11.6 Å². The number of rotatable bonds is 3. The predicted molar refractivity (Wildman–Crippen MR) is 79.7 cm³/mol. The van der Waals surface area contributed by atoms with Crippen LogP contribution in [0.25, 0.3) is 0 Å². The molecule has 4 nitrogen and oxygen atoms in total. The lowest BCUT2D eigenvalue weighted by Gasteiger charge is -2.35. The third kappa shape index (κ3) is 2.65. The number of carbonyl (C=O) groups is 2. The Morgan fingerprint density at radius 3 is 2.75 bits per heavy atom. The molecule has 2 aliphatic heterocycles. The average Bonchev–Trinajstić information content (AvgIpc) is 2.93. The van der Waals surface area contributed by atoms with Gasteiger partial charge in [-0.3, -0.25) is 9.59 Å². The topological polar surface area (TPSA) is 40.6 Å². The van der Waals surface area contributed by atoms with Gasteiger partial charge in [-0.15, -0.1) is 11.8 Å². The van der Waals surface area contributed by atoms with E-state index in [-0.39, 0.29) is 24.4 Å². The largest absolute Gasteiger partial charge is 0.331 e. The van der Waals surface area contributed by atoms with Gasteiger partial charge in [0.25, 0.3) is 0 Å². The number of piperazine rings is 1. The van der Waals surface area contributed by atoms with Crippen LogP contribution in [0, 0.1) is 0 Å². The van der Waals surface area contributed by atoms with Crippen LogP contribution in [-0.4, -0.2) is 52.4 Å². The summed E-state index contributed by atoms with van der Waals surface area (Å²) in [7, 11) is 0. The van der Waals surface area contributed by atoms with Crippen LogP contribution < -0.4 is 0 Å². The van der Waals surface area contributed by atoms with Crippen LogP contribution in [0.1, 0.15) is 5.56 Å². The van der Waals surface area contributed by atoms with Gasteiger partial charge in [0.15, 0.2) is 0 Å². The Kier molecular flexibility index (Phi) is 3.89. The van der Waals surface area contributed by atoms with Gasteiger partial charge in [-0.05, 0) is 24.1 Å². The van der Waals surface area contributed by atoms with Crippen molar-refractivity contribution in [1.82, 2.24) is 9.80 Å². The van der Waals surface area contributed by atoms with Crippen LogP contribution in [0.2, 0.25) is 5.02 Å². The number of fused-ring (bicyclic) bond motifs is 1. The van der Waals surface area contributed by atoms with Crippen LogP contribution in [0.5, 0.6) is 0 Å². The molecule has 2 amide bonds. The quantitative estimate of drug-likeness (QED) is 0.852. The summed E-state index contributed by atoms with van der Waals surface area (Å²) in [6.45, 7) is 0.796. The lowest BCUT2D eigenvalue weighted by molar-refractivity contribution is -0.153. The van der Waals surface area contributed by atoms with E-state index in [0.717, 1.165) is 17.7 Å². The minimum absolute atomic E-state index is 0.0655. The molecule has 1 atom stereocenters. The van der Waals surface area contributed by atoms with Crippen molar-refractivity contribution < 1.29 is 9.59 Å². The van der Waals surface area contributed by atoms with Crippen LogP contribution in [0.3, 0.4) is 0 Å². The summed E-state index contributed by atoms with van der Waals surface area (Å²) >= 11 is 7.49. The maximum Gasteiger partial charge on any atom is 0.246 e. The highest BCUT2D eigenvalue weighted by Gasteiger charge is 2.41. The van der Waals surface area contributed by atoms with Gasteiger partial charge in [-0.2, -0.15) is 0 Å². The standard InChI is InChI=1S/C14H15ClN2O2S/c15-11-3-1-10(2-4-11)5-6-16-7-13(18)17-9-20-8-12(17)14(16)19/h1-4,12H,5-9H2. The Balaban J connectivity index is 1.64. The van der Waals surface area contributed by atoms with Crippen molar-refractivity contribution in [2.24, 2.45) is 0 Å². The SMILES string of the molecule is O=C1C2CSCN2C(=O)CN1CCc1ccc(Cl)cc1. The molecular weight excluding hydrogens is 296 g/mol. The van der Waals surface area contributed by atoms with Gasteiger partial charge < -0.3 is 9.80 Å². The van der Waals surface area contributed by atoms with E-state index in [1.54, 1.807) is 21.6 Å². The summed E-state index contributed by atoms with van der Waals surface area (Å²) < 4.78 is 0. The first-order valence-corrected chi connectivity index (χ1v) is 8.09. The lowest BCUT2D eigenvalue weighted by Crippen LogP contribution is -2.58. The van der Waals surface area contributed by atoms with E-state index in [0.29, 0.717) is 17.4 Å². The highest BCUT2D eigenvalue weighted by molar-refractivity contribution is 7.99. The number of amides is 2. The summed E-state index contributed by atoms with van der Waals surface area (Å²) in [5.74, 6) is 1.53. The molecule has 2 aliphatic rings. The van der Waals surface area contributed by atoms with Gasteiger partial charge in [0.05, 0.1) is 12.4 Å². The zero-order valence-electron chi connectivity index (χ0n) is 10.9. The molecule has 0 aliphatic carbocycles. The third-order valence-corrected chi connectivity index (χ3v) is 4.97. The first kappa shape index (κ1) is 13.8. The van der Waals surface area contributed by atoms with Crippen LogP contribution in [0.4, 0.5) is 0 Å². The first-order chi connectivity index (χ1) is 9.65. The Bertz CT molecular complexity index is 534. The fourth-order valence-corrected chi connectivity index (χ4v) is 3.84. The van der Waals surface area contributed by atoms with Gasteiger partial charge in [-0.1, -0.05) is 23.7 Å². The molecule has 1 aromatic rings. The van der Waals surface area contributed by atoms with E-state index >= 15 is 0 Å². The number of nitrogens with zero attached hydrogens (tertiary/aromatic N) is 2. The van der Waals surface area contributed by atoms with Crippen molar-refractivity contribution in [2.75, 3.05) is 24.7 Å². The fourth-order valence-electron chi connectivity index (χ4n) is 2.54. The van der Waals surface area contributed by atoms with Gasteiger partial charge >= 0.3 is 0 Å². The number of carbonyl (C=O) groups excluding carboxylic acids is 2. The van der Waals surface area contributed by atoms with Gasteiger partial charge in [-0.25, -0.2) is 0 Å². The van der Waals surface area contributed by atoms with Crippen molar-refractivity contribution in [3.63, 3.8) is 0 Å². The summed E-state index contributed by atoms with van der Waals surface area (Å²) in [5.41, 5.74) is 1.12. The molecule has 0 spiro atoms. The molecule has 0 radical (unpaired) electrons. The second-order valence-corrected chi connectivity index (χ2v) is 6.45. The maximum atomic E-state index is 12.3. The van der Waals surface area contributed by atoms with E-state index in [1.807, 2.05) is 24.3 Å². The molecule has 3 rings (SSSR count). The first-order valence-electron chi connectivity index (χ1n) is 6.55. The molecule has 1 aromatic carbocycles. The molecule has 0 aromatic heterocycles. The average molecular weight is 311 g/mol. The number of halogens is 1. The highest BCUT2D eigenvalue weighted by atomic mass is 35.5. The minimum Gasteiger partial charge on any atom is -0.331 e. The molecule has 106 valence electrons. The van der Waals surface area contributed by atoms with Crippen LogP contribution in [0.15, 0.2) is 24.3 Å². The van der Waals surface area contributed by atoms with E-state index in [1.165, 1.54) is 0 Å². The van der Waals surface area contributed by atoms with Gasteiger partial charge in [0.1, 0.15) is 6.04 Å². The molecule has 2 saturated heterocycles.